The monoisotopic (exact) mass is 459 g/mol. The van der Waals surface area contributed by atoms with E-state index in [4.69, 9.17) is 16.0 Å². The summed E-state index contributed by atoms with van der Waals surface area (Å²) in [4.78, 5) is 7.25. The zero-order chi connectivity index (χ0) is 22.2. The van der Waals surface area contributed by atoms with Crippen LogP contribution in [0, 0.1) is 20.8 Å². The predicted molar refractivity (Wildman–Crippen MR) is 122 cm³/mol. The molecule has 2 aromatic carbocycles. The first-order chi connectivity index (χ1) is 14.7. The third-order valence-electron chi connectivity index (χ3n) is 5.62. The fraction of sp³-hybridized carbons (Fsp3) is 0.348. The molecule has 0 radical (unpaired) electrons. The smallest absolute Gasteiger partial charge is 0.243 e. The maximum atomic E-state index is 13.1. The average Bonchev–Trinajstić information content (AvgIpc) is 3.08. The molecule has 1 saturated heterocycles. The van der Waals surface area contributed by atoms with E-state index in [9.17, 15) is 8.42 Å². The Morgan fingerprint density at radius 2 is 1.77 bits per heavy atom. The molecule has 0 amide bonds. The van der Waals surface area contributed by atoms with Crippen LogP contribution in [-0.2, 0) is 16.6 Å². The van der Waals surface area contributed by atoms with Gasteiger partial charge in [0.25, 0.3) is 0 Å². The van der Waals surface area contributed by atoms with Gasteiger partial charge in [0.05, 0.1) is 10.6 Å². The van der Waals surface area contributed by atoms with Crippen molar-refractivity contribution in [2.75, 3.05) is 26.2 Å². The number of hydrogen-bond donors (Lipinski definition) is 0. The number of piperazine rings is 1. The van der Waals surface area contributed by atoms with Crippen molar-refractivity contribution < 1.29 is 12.8 Å². The van der Waals surface area contributed by atoms with Crippen LogP contribution < -0.4 is 0 Å². The maximum absolute atomic E-state index is 13.1. The van der Waals surface area contributed by atoms with E-state index in [0.29, 0.717) is 48.5 Å². The fourth-order valence-electron chi connectivity index (χ4n) is 3.89. The number of aromatic nitrogens is 1. The van der Waals surface area contributed by atoms with Gasteiger partial charge < -0.3 is 4.42 Å². The van der Waals surface area contributed by atoms with Crippen LogP contribution in [0.3, 0.4) is 0 Å². The second-order valence-electron chi connectivity index (χ2n) is 7.98. The Labute approximate surface area is 188 Å². The summed E-state index contributed by atoms with van der Waals surface area (Å²) >= 11 is 6.08. The summed E-state index contributed by atoms with van der Waals surface area (Å²) in [7, 11) is -3.49. The fourth-order valence-corrected chi connectivity index (χ4v) is 5.71. The second kappa shape index (κ2) is 8.74. The molecule has 0 spiro atoms. The van der Waals surface area contributed by atoms with Crippen LogP contribution in [0.2, 0.25) is 5.02 Å². The van der Waals surface area contributed by atoms with E-state index in [0.717, 1.165) is 28.1 Å². The third kappa shape index (κ3) is 4.70. The number of rotatable bonds is 5. The van der Waals surface area contributed by atoms with Crippen LogP contribution in [0.1, 0.15) is 22.6 Å². The molecule has 0 N–H and O–H groups in total. The molecular weight excluding hydrogens is 434 g/mol. The van der Waals surface area contributed by atoms with Crippen LogP contribution in [0.5, 0.6) is 0 Å². The molecule has 6 nitrogen and oxygen atoms in total. The van der Waals surface area contributed by atoms with Gasteiger partial charge in [-0.3, -0.25) is 4.90 Å². The second-order valence-corrected chi connectivity index (χ2v) is 10.3. The molecule has 1 aliphatic heterocycles. The van der Waals surface area contributed by atoms with Gasteiger partial charge >= 0.3 is 0 Å². The Morgan fingerprint density at radius 1 is 1.03 bits per heavy atom. The molecule has 1 fully saturated rings. The number of halogens is 1. The van der Waals surface area contributed by atoms with Gasteiger partial charge in [0.1, 0.15) is 5.76 Å². The van der Waals surface area contributed by atoms with Crippen molar-refractivity contribution in [3.8, 4) is 11.5 Å². The Kier molecular flexibility index (Phi) is 6.21. The van der Waals surface area contributed by atoms with Gasteiger partial charge in [-0.25, -0.2) is 13.4 Å². The standard InChI is InChI=1S/C23H26ClN3O3S/c1-16-7-8-22(17(2)13-16)31(28,29)27-11-9-26(10-12-27)15-21-18(3)30-23(25-21)19-5-4-6-20(24)14-19/h4-8,13-14H,9-12,15H2,1-3H3. The summed E-state index contributed by atoms with van der Waals surface area (Å²) in [6, 6.07) is 12.9. The van der Waals surface area contributed by atoms with Crippen molar-refractivity contribution in [3.05, 3.63) is 70.1 Å². The molecule has 0 atom stereocenters. The van der Waals surface area contributed by atoms with Crippen molar-refractivity contribution in [2.45, 2.75) is 32.2 Å². The largest absolute Gasteiger partial charge is 0.441 e. The van der Waals surface area contributed by atoms with E-state index in [1.165, 1.54) is 0 Å². The number of benzene rings is 2. The number of aryl methyl sites for hydroxylation is 3. The molecule has 0 saturated carbocycles. The topological polar surface area (TPSA) is 66.7 Å². The molecule has 2 heterocycles. The zero-order valence-electron chi connectivity index (χ0n) is 17.9. The predicted octanol–water partition coefficient (Wildman–Crippen LogP) is 4.43. The van der Waals surface area contributed by atoms with Crippen LogP contribution in [0.15, 0.2) is 51.8 Å². The highest BCUT2D eigenvalue weighted by Crippen LogP contribution is 2.26. The average molecular weight is 460 g/mol. The van der Waals surface area contributed by atoms with Crippen molar-refractivity contribution in [2.24, 2.45) is 0 Å². The lowest BCUT2D eigenvalue weighted by atomic mass is 10.2. The molecular formula is C23H26ClN3O3S. The summed E-state index contributed by atoms with van der Waals surface area (Å²) in [5.74, 6) is 1.31. The van der Waals surface area contributed by atoms with E-state index in [1.807, 2.05) is 57.2 Å². The van der Waals surface area contributed by atoms with Gasteiger partial charge in [-0.15, -0.1) is 0 Å². The SMILES string of the molecule is Cc1ccc(S(=O)(=O)N2CCN(Cc3nc(-c4cccc(Cl)c4)oc3C)CC2)c(C)c1. The zero-order valence-corrected chi connectivity index (χ0v) is 19.5. The third-order valence-corrected chi connectivity index (χ3v) is 7.91. The Morgan fingerprint density at radius 3 is 2.45 bits per heavy atom. The first-order valence-electron chi connectivity index (χ1n) is 10.3. The van der Waals surface area contributed by atoms with Gasteiger partial charge in [0, 0.05) is 43.3 Å². The molecule has 164 valence electrons. The van der Waals surface area contributed by atoms with Crippen LogP contribution in [0.4, 0.5) is 0 Å². The number of oxazole rings is 1. The van der Waals surface area contributed by atoms with E-state index < -0.39 is 10.0 Å². The molecule has 0 aliphatic carbocycles. The first kappa shape index (κ1) is 22.0. The number of hydrogen-bond acceptors (Lipinski definition) is 5. The quantitative estimate of drug-likeness (QED) is 0.564. The minimum atomic E-state index is -3.49. The Balaban J connectivity index is 1.43. The highest BCUT2D eigenvalue weighted by Gasteiger charge is 2.30. The normalized spacial score (nSPS) is 16.0. The van der Waals surface area contributed by atoms with Gasteiger partial charge in [0.15, 0.2) is 0 Å². The Hall–Kier alpha value is -2.19. The molecule has 0 bridgehead atoms. The van der Waals surface area contributed by atoms with Crippen LogP contribution >= 0.6 is 11.6 Å². The number of sulfonamides is 1. The number of nitrogens with zero attached hydrogens (tertiary/aromatic N) is 3. The van der Waals surface area contributed by atoms with E-state index >= 15 is 0 Å². The summed E-state index contributed by atoms with van der Waals surface area (Å²) in [5, 5.41) is 0.635. The van der Waals surface area contributed by atoms with Crippen molar-refractivity contribution in [1.29, 1.82) is 0 Å². The van der Waals surface area contributed by atoms with E-state index in [-0.39, 0.29) is 0 Å². The lowest BCUT2D eigenvalue weighted by molar-refractivity contribution is 0.179. The molecule has 1 aromatic heterocycles. The lowest BCUT2D eigenvalue weighted by Crippen LogP contribution is -2.48. The van der Waals surface area contributed by atoms with Crippen LogP contribution in [0.25, 0.3) is 11.5 Å². The minimum Gasteiger partial charge on any atom is -0.441 e. The van der Waals surface area contributed by atoms with Gasteiger partial charge in [0.2, 0.25) is 15.9 Å². The van der Waals surface area contributed by atoms with E-state index in [2.05, 4.69) is 9.88 Å². The first-order valence-corrected chi connectivity index (χ1v) is 12.1. The molecule has 3 aromatic rings. The summed E-state index contributed by atoms with van der Waals surface area (Å²) < 4.78 is 33.6. The molecule has 4 rings (SSSR count). The summed E-state index contributed by atoms with van der Waals surface area (Å²) in [5.41, 5.74) is 3.54. The molecule has 31 heavy (non-hydrogen) atoms. The highest BCUT2D eigenvalue weighted by atomic mass is 35.5. The minimum absolute atomic E-state index is 0.394. The van der Waals surface area contributed by atoms with Crippen molar-refractivity contribution in [3.63, 3.8) is 0 Å². The maximum Gasteiger partial charge on any atom is 0.243 e. The van der Waals surface area contributed by atoms with E-state index in [1.54, 1.807) is 10.4 Å². The molecule has 1 aliphatic rings. The van der Waals surface area contributed by atoms with Gasteiger partial charge in [-0.05, 0) is 50.6 Å². The van der Waals surface area contributed by atoms with Gasteiger partial charge in [-0.1, -0.05) is 35.4 Å². The summed E-state index contributed by atoms with van der Waals surface area (Å²) in [6.45, 7) is 8.52. The molecule has 8 heteroatoms. The summed E-state index contributed by atoms with van der Waals surface area (Å²) in [6.07, 6.45) is 0. The molecule has 0 unspecified atom stereocenters. The highest BCUT2D eigenvalue weighted by molar-refractivity contribution is 7.89. The lowest BCUT2D eigenvalue weighted by Gasteiger charge is -2.33. The Bertz CT molecular complexity index is 1200. The van der Waals surface area contributed by atoms with Crippen molar-refractivity contribution >= 4 is 21.6 Å². The van der Waals surface area contributed by atoms with Gasteiger partial charge in [-0.2, -0.15) is 4.31 Å². The van der Waals surface area contributed by atoms with Crippen LogP contribution in [-0.4, -0.2) is 48.8 Å². The van der Waals surface area contributed by atoms with Crippen molar-refractivity contribution in [1.82, 2.24) is 14.2 Å².